The Hall–Kier alpha value is -1.65. The van der Waals surface area contributed by atoms with Crippen molar-refractivity contribution in [3.8, 4) is 0 Å². The fourth-order valence-corrected chi connectivity index (χ4v) is 3.56. The number of carbonyl (C=O) groups excluding carboxylic acids is 2. The van der Waals surface area contributed by atoms with Gasteiger partial charge in [0.1, 0.15) is 0 Å². The van der Waals surface area contributed by atoms with Crippen molar-refractivity contribution < 1.29 is 9.59 Å². The summed E-state index contributed by atoms with van der Waals surface area (Å²) in [7, 11) is 0. The fourth-order valence-electron chi connectivity index (χ4n) is 3.56. The minimum Gasteiger partial charge on any atom is -0.285 e. The van der Waals surface area contributed by atoms with E-state index in [4.69, 9.17) is 0 Å². The minimum atomic E-state index is -0.225. The Morgan fingerprint density at radius 3 is 2.42 bits per heavy atom. The van der Waals surface area contributed by atoms with Crippen LogP contribution < -0.4 is 0 Å². The quantitative estimate of drug-likeness (QED) is 0.830. The number of amides is 2. The second-order valence-corrected chi connectivity index (χ2v) is 5.93. The lowest BCUT2D eigenvalue weighted by Crippen LogP contribution is -2.48. The molecule has 3 rings (SSSR count). The molecule has 1 unspecified atom stereocenters. The standard InChI is InChI=1S/C14H19N3O2/c1-10(11-8-15-16-9-11)17-12(18)6-14(7-13(17)19)4-2-3-5-14/h8-10H,2-7H2,1H3,(H,15,16). The summed E-state index contributed by atoms with van der Waals surface area (Å²) in [4.78, 5) is 26.2. The largest absolute Gasteiger partial charge is 0.285 e. The first-order chi connectivity index (χ1) is 9.11. The first-order valence-electron chi connectivity index (χ1n) is 6.95. The van der Waals surface area contributed by atoms with Crippen molar-refractivity contribution in [3.05, 3.63) is 18.0 Å². The van der Waals surface area contributed by atoms with Crippen molar-refractivity contribution in [1.82, 2.24) is 15.1 Å². The van der Waals surface area contributed by atoms with E-state index in [1.807, 2.05) is 6.92 Å². The number of rotatable bonds is 2. The zero-order valence-corrected chi connectivity index (χ0v) is 11.2. The molecule has 0 bridgehead atoms. The van der Waals surface area contributed by atoms with Gasteiger partial charge in [-0.15, -0.1) is 0 Å². The summed E-state index contributed by atoms with van der Waals surface area (Å²) in [5, 5.41) is 6.61. The van der Waals surface area contributed by atoms with Gasteiger partial charge in [-0.2, -0.15) is 5.10 Å². The molecule has 19 heavy (non-hydrogen) atoms. The summed E-state index contributed by atoms with van der Waals surface area (Å²) in [6.07, 6.45) is 8.82. The van der Waals surface area contributed by atoms with Gasteiger partial charge in [0.15, 0.2) is 0 Å². The predicted molar refractivity (Wildman–Crippen MR) is 69.0 cm³/mol. The lowest BCUT2D eigenvalue weighted by molar-refractivity contribution is -0.156. The number of piperidine rings is 1. The molecular formula is C14H19N3O2. The molecule has 1 aliphatic carbocycles. The number of aromatic amines is 1. The van der Waals surface area contributed by atoms with Gasteiger partial charge in [0, 0.05) is 24.6 Å². The molecule has 5 nitrogen and oxygen atoms in total. The Labute approximate surface area is 112 Å². The molecule has 0 radical (unpaired) electrons. The van der Waals surface area contributed by atoms with Gasteiger partial charge in [0.2, 0.25) is 11.8 Å². The Morgan fingerprint density at radius 1 is 1.26 bits per heavy atom. The van der Waals surface area contributed by atoms with Crippen molar-refractivity contribution in [1.29, 1.82) is 0 Å². The molecule has 1 aliphatic heterocycles. The van der Waals surface area contributed by atoms with Gasteiger partial charge in [-0.05, 0) is 25.2 Å². The molecule has 1 saturated carbocycles. The third-order valence-electron chi connectivity index (χ3n) is 4.64. The molecule has 0 aromatic carbocycles. The average Bonchev–Trinajstić information content (AvgIpc) is 2.99. The van der Waals surface area contributed by atoms with Crippen molar-refractivity contribution in [2.24, 2.45) is 5.41 Å². The number of nitrogens with zero attached hydrogens (tertiary/aromatic N) is 2. The van der Waals surface area contributed by atoms with Gasteiger partial charge in [0.25, 0.3) is 0 Å². The molecule has 2 amide bonds. The smallest absolute Gasteiger partial charge is 0.230 e. The van der Waals surface area contributed by atoms with Crippen LogP contribution in [0.15, 0.2) is 12.4 Å². The highest BCUT2D eigenvalue weighted by molar-refractivity contribution is 5.99. The van der Waals surface area contributed by atoms with Gasteiger partial charge in [-0.3, -0.25) is 19.6 Å². The van der Waals surface area contributed by atoms with E-state index in [-0.39, 0.29) is 23.3 Å². The molecule has 1 spiro atoms. The van der Waals surface area contributed by atoms with E-state index in [1.54, 1.807) is 12.4 Å². The second-order valence-electron chi connectivity index (χ2n) is 5.93. The first-order valence-corrected chi connectivity index (χ1v) is 6.95. The third kappa shape index (κ3) is 2.07. The van der Waals surface area contributed by atoms with Crippen molar-refractivity contribution in [2.45, 2.75) is 51.5 Å². The van der Waals surface area contributed by atoms with E-state index in [0.717, 1.165) is 31.2 Å². The Morgan fingerprint density at radius 2 is 1.89 bits per heavy atom. The van der Waals surface area contributed by atoms with Crippen LogP contribution in [-0.2, 0) is 9.59 Å². The maximum absolute atomic E-state index is 12.4. The van der Waals surface area contributed by atoms with Crippen LogP contribution in [0.1, 0.15) is 57.1 Å². The van der Waals surface area contributed by atoms with Crippen LogP contribution in [0.4, 0.5) is 0 Å². The topological polar surface area (TPSA) is 66.1 Å². The fraction of sp³-hybridized carbons (Fsp3) is 0.643. The van der Waals surface area contributed by atoms with E-state index < -0.39 is 0 Å². The summed E-state index contributed by atoms with van der Waals surface area (Å²) in [5.74, 6) is -0.0429. The van der Waals surface area contributed by atoms with E-state index in [9.17, 15) is 9.59 Å². The zero-order valence-electron chi connectivity index (χ0n) is 11.2. The summed E-state index contributed by atoms with van der Waals surface area (Å²) in [6.45, 7) is 1.88. The number of H-pyrrole nitrogens is 1. The Kier molecular flexibility index (Phi) is 2.92. The molecule has 1 atom stereocenters. The van der Waals surface area contributed by atoms with Gasteiger partial charge >= 0.3 is 0 Å². The Balaban J connectivity index is 1.81. The molecule has 2 heterocycles. The van der Waals surface area contributed by atoms with Gasteiger partial charge in [-0.25, -0.2) is 0 Å². The van der Waals surface area contributed by atoms with Crippen LogP contribution in [0.2, 0.25) is 0 Å². The lowest BCUT2D eigenvalue weighted by Gasteiger charge is -2.39. The number of imide groups is 1. The van der Waals surface area contributed by atoms with Crippen LogP contribution in [0, 0.1) is 5.41 Å². The van der Waals surface area contributed by atoms with Crippen LogP contribution in [0.3, 0.4) is 0 Å². The van der Waals surface area contributed by atoms with Gasteiger partial charge in [-0.1, -0.05) is 12.8 Å². The highest BCUT2D eigenvalue weighted by Gasteiger charge is 2.46. The van der Waals surface area contributed by atoms with Gasteiger partial charge < -0.3 is 0 Å². The Bertz CT molecular complexity index is 469. The number of hydrogen-bond donors (Lipinski definition) is 1. The summed E-state index contributed by atoms with van der Waals surface area (Å²) in [5.41, 5.74) is 0.852. The summed E-state index contributed by atoms with van der Waals surface area (Å²) >= 11 is 0. The SMILES string of the molecule is CC(c1cn[nH]c1)N1C(=O)CC2(CCCC2)CC1=O. The van der Waals surface area contributed by atoms with Crippen LogP contribution in [-0.4, -0.2) is 26.9 Å². The maximum atomic E-state index is 12.4. The maximum Gasteiger partial charge on any atom is 0.230 e. The molecule has 102 valence electrons. The number of carbonyl (C=O) groups is 2. The highest BCUT2D eigenvalue weighted by atomic mass is 16.2. The van der Waals surface area contributed by atoms with E-state index in [2.05, 4.69) is 10.2 Å². The molecular weight excluding hydrogens is 242 g/mol. The first kappa shape index (κ1) is 12.4. The lowest BCUT2D eigenvalue weighted by atomic mass is 9.76. The van der Waals surface area contributed by atoms with Gasteiger partial charge in [0.05, 0.1) is 12.2 Å². The number of likely N-dealkylation sites (tertiary alicyclic amines) is 1. The minimum absolute atomic E-state index is 0.0214. The highest BCUT2D eigenvalue weighted by Crippen LogP contribution is 2.47. The third-order valence-corrected chi connectivity index (χ3v) is 4.64. The van der Waals surface area contributed by atoms with E-state index in [0.29, 0.717) is 12.8 Å². The average molecular weight is 261 g/mol. The number of aromatic nitrogens is 2. The normalized spacial score (nSPS) is 24.2. The molecule has 1 N–H and O–H groups in total. The van der Waals surface area contributed by atoms with Crippen molar-refractivity contribution in [2.75, 3.05) is 0 Å². The van der Waals surface area contributed by atoms with Crippen LogP contribution >= 0.6 is 0 Å². The van der Waals surface area contributed by atoms with Crippen LogP contribution in [0.25, 0.3) is 0 Å². The van der Waals surface area contributed by atoms with Crippen molar-refractivity contribution in [3.63, 3.8) is 0 Å². The number of hydrogen-bond acceptors (Lipinski definition) is 3. The monoisotopic (exact) mass is 261 g/mol. The second kappa shape index (κ2) is 4.47. The zero-order chi connectivity index (χ0) is 13.5. The molecule has 2 fully saturated rings. The summed E-state index contributed by atoms with van der Waals surface area (Å²) < 4.78 is 0. The molecule has 2 aliphatic rings. The summed E-state index contributed by atoms with van der Waals surface area (Å²) in [6, 6.07) is -0.225. The molecule has 1 saturated heterocycles. The van der Waals surface area contributed by atoms with Crippen molar-refractivity contribution >= 4 is 11.8 Å². The molecule has 5 heteroatoms. The van der Waals surface area contributed by atoms with E-state index in [1.165, 1.54) is 4.90 Å². The molecule has 1 aromatic heterocycles. The predicted octanol–water partition coefficient (Wildman–Crippen LogP) is 2.18. The number of nitrogens with one attached hydrogen (secondary N) is 1. The molecule has 1 aromatic rings. The van der Waals surface area contributed by atoms with E-state index >= 15 is 0 Å². The van der Waals surface area contributed by atoms with Crippen LogP contribution in [0.5, 0.6) is 0 Å².